The number of amides is 1. The molecule has 0 saturated carbocycles. The van der Waals surface area contributed by atoms with Crippen LogP contribution in [-0.2, 0) is 20.8 Å². The fourth-order valence-corrected chi connectivity index (χ4v) is 1.75. The van der Waals surface area contributed by atoms with Crippen molar-refractivity contribution in [3.05, 3.63) is 23.8 Å². The van der Waals surface area contributed by atoms with Crippen LogP contribution in [0.5, 0.6) is 11.5 Å². The SMILES string of the molecule is COc1cc(C[C@@H](NC(C)=O)C(=O)[O-])ccc1OC(C)=O. The molecule has 21 heavy (non-hydrogen) atoms. The van der Waals surface area contributed by atoms with Gasteiger partial charge in [0.05, 0.1) is 19.1 Å². The van der Waals surface area contributed by atoms with Gasteiger partial charge in [0.1, 0.15) is 0 Å². The molecule has 1 N–H and O–H groups in total. The monoisotopic (exact) mass is 294 g/mol. The summed E-state index contributed by atoms with van der Waals surface area (Å²) in [7, 11) is 1.40. The van der Waals surface area contributed by atoms with Crippen LogP contribution in [0.4, 0.5) is 0 Å². The third kappa shape index (κ3) is 5.13. The number of rotatable bonds is 6. The van der Waals surface area contributed by atoms with Crippen LogP contribution in [-0.4, -0.2) is 31.0 Å². The summed E-state index contributed by atoms with van der Waals surface area (Å²) < 4.78 is 10.0. The molecule has 1 atom stereocenters. The van der Waals surface area contributed by atoms with Crippen molar-refractivity contribution in [3.63, 3.8) is 0 Å². The molecule has 0 unspecified atom stereocenters. The number of nitrogens with one attached hydrogen (secondary N) is 1. The molecule has 7 heteroatoms. The van der Waals surface area contributed by atoms with E-state index in [4.69, 9.17) is 9.47 Å². The molecule has 1 amide bonds. The van der Waals surface area contributed by atoms with Crippen molar-refractivity contribution in [3.8, 4) is 11.5 Å². The van der Waals surface area contributed by atoms with Crippen LogP contribution in [0.1, 0.15) is 19.4 Å². The highest BCUT2D eigenvalue weighted by atomic mass is 16.6. The van der Waals surface area contributed by atoms with Gasteiger partial charge in [-0.15, -0.1) is 0 Å². The Morgan fingerprint density at radius 1 is 1.24 bits per heavy atom. The summed E-state index contributed by atoms with van der Waals surface area (Å²) in [5.74, 6) is -1.81. The molecule has 7 nitrogen and oxygen atoms in total. The topological polar surface area (TPSA) is 105 Å². The summed E-state index contributed by atoms with van der Waals surface area (Å²) in [4.78, 5) is 32.9. The van der Waals surface area contributed by atoms with Crippen LogP contribution in [0.25, 0.3) is 0 Å². The predicted octanol–water partition coefficient (Wildman–Crippen LogP) is -0.582. The van der Waals surface area contributed by atoms with E-state index in [1.807, 2.05) is 0 Å². The first-order valence-corrected chi connectivity index (χ1v) is 6.16. The number of methoxy groups -OCH3 is 1. The number of esters is 1. The summed E-state index contributed by atoms with van der Waals surface area (Å²) in [6.07, 6.45) is 0.0264. The molecule has 0 fully saturated rings. The Morgan fingerprint density at radius 3 is 2.38 bits per heavy atom. The number of carboxylic acids is 1. The highest BCUT2D eigenvalue weighted by Gasteiger charge is 2.14. The van der Waals surface area contributed by atoms with Crippen molar-refractivity contribution < 1.29 is 29.0 Å². The normalized spacial score (nSPS) is 11.4. The number of hydrogen-bond donors (Lipinski definition) is 1. The van der Waals surface area contributed by atoms with Crippen LogP contribution in [0.15, 0.2) is 18.2 Å². The zero-order chi connectivity index (χ0) is 16.0. The summed E-state index contributed by atoms with van der Waals surface area (Å²) in [6, 6.07) is 3.47. The highest BCUT2D eigenvalue weighted by Crippen LogP contribution is 2.28. The molecule has 0 aromatic heterocycles. The number of carboxylic acid groups (broad SMARTS) is 1. The van der Waals surface area contributed by atoms with Crippen molar-refractivity contribution in [1.29, 1.82) is 0 Å². The van der Waals surface area contributed by atoms with Gasteiger partial charge < -0.3 is 24.7 Å². The largest absolute Gasteiger partial charge is 0.548 e. The predicted molar refractivity (Wildman–Crippen MR) is 70.6 cm³/mol. The van der Waals surface area contributed by atoms with E-state index in [0.717, 1.165) is 0 Å². The van der Waals surface area contributed by atoms with E-state index in [9.17, 15) is 19.5 Å². The number of aliphatic carboxylic acids is 1. The molecular weight excluding hydrogens is 278 g/mol. The van der Waals surface area contributed by atoms with Gasteiger partial charge in [-0.3, -0.25) is 9.59 Å². The molecular formula is C14H16NO6-. The van der Waals surface area contributed by atoms with E-state index in [0.29, 0.717) is 11.3 Å². The second-order valence-corrected chi connectivity index (χ2v) is 4.36. The van der Waals surface area contributed by atoms with Crippen LogP contribution in [0, 0.1) is 0 Å². The third-order valence-corrected chi connectivity index (χ3v) is 2.58. The lowest BCUT2D eigenvalue weighted by atomic mass is 10.1. The minimum absolute atomic E-state index is 0.0264. The average Bonchev–Trinajstić information content (AvgIpc) is 2.38. The Labute approximate surface area is 121 Å². The molecule has 114 valence electrons. The maximum absolute atomic E-state index is 11.0. The standard InChI is InChI=1S/C14H17NO6/c1-8(16)15-11(14(18)19)6-10-4-5-12(21-9(2)17)13(7-10)20-3/h4-5,7,11H,6H2,1-3H3,(H,15,16)(H,18,19)/p-1/t11-/m1/s1. The van der Waals surface area contributed by atoms with Crippen LogP contribution in [0.2, 0.25) is 0 Å². The number of carbonyl (C=O) groups excluding carboxylic acids is 3. The van der Waals surface area contributed by atoms with Crippen molar-refractivity contribution in [2.75, 3.05) is 7.11 Å². The van der Waals surface area contributed by atoms with E-state index in [2.05, 4.69) is 5.32 Å². The molecule has 0 aliphatic heterocycles. The first kappa shape index (κ1) is 16.5. The molecule has 0 aliphatic carbocycles. The first-order valence-electron chi connectivity index (χ1n) is 6.16. The van der Waals surface area contributed by atoms with Gasteiger partial charge in [0.25, 0.3) is 0 Å². The van der Waals surface area contributed by atoms with E-state index in [1.54, 1.807) is 6.07 Å². The maximum atomic E-state index is 11.0. The number of hydrogen-bond acceptors (Lipinski definition) is 6. The average molecular weight is 294 g/mol. The Kier molecular flexibility index (Phi) is 5.71. The fourth-order valence-electron chi connectivity index (χ4n) is 1.75. The summed E-state index contributed by atoms with van der Waals surface area (Å²) in [5, 5.41) is 13.3. The molecule has 0 spiro atoms. The van der Waals surface area contributed by atoms with E-state index < -0.39 is 23.9 Å². The van der Waals surface area contributed by atoms with Crippen molar-refractivity contribution >= 4 is 17.8 Å². The first-order chi connectivity index (χ1) is 9.83. The molecule has 0 bridgehead atoms. The van der Waals surface area contributed by atoms with Gasteiger partial charge in [0.2, 0.25) is 5.91 Å². The van der Waals surface area contributed by atoms with Gasteiger partial charge in [-0.25, -0.2) is 0 Å². The third-order valence-electron chi connectivity index (χ3n) is 2.58. The zero-order valence-electron chi connectivity index (χ0n) is 12.0. The second kappa shape index (κ2) is 7.28. The maximum Gasteiger partial charge on any atom is 0.308 e. The van der Waals surface area contributed by atoms with Crippen LogP contribution in [0.3, 0.4) is 0 Å². The molecule has 0 heterocycles. The van der Waals surface area contributed by atoms with E-state index in [-0.39, 0.29) is 12.2 Å². The van der Waals surface area contributed by atoms with Crippen molar-refractivity contribution in [1.82, 2.24) is 5.32 Å². The summed E-state index contributed by atoms with van der Waals surface area (Å²) >= 11 is 0. The Hall–Kier alpha value is -2.57. The summed E-state index contributed by atoms with van der Waals surface area (Å²) in [6.45, 7) is 2.48. The second-order valence-electron chi connectivity index (χ2n) is 4.36. The molecule has 1 aromatic rings. The van der Waals surface area contributed by atoms with Gasteiger partial charge in [0, 0.05) is 13.8 Å². The molecule has 0 saturated heterocycles. The van der Waals surface area contributed by atoms with Crippen molar-refractivity contribution in [2.45, 2.75) is 26.3 Å². The quantitative estimate of drug-likeness (QED) is 0.556. The van der Waals surface area contributed by atoms with Gasteiger partial charge in [-0.2, -0.15) is 0 Å². The highest BCUT2D eigenvalue weighted by molar-refractivity contribution is 5.81. The Bertz CT molecular complexity index is 554. The Morgan fingerprint density at radius 2 is 1.90 bits per heavy atom. The summed E-state index contributed by atoms with van der Waals surface area (Å²) in [5.41, 5.74) is 0.589. The van der Waals surface area contributed by atoms with Gasteiger partial charge in [0.15, 0.2) is 11.5 Å². The van der Waals surface area contributed by atoms with Gasteiger partial charge in [-0.1, -0.05) is 6.07 Å². The number of ether oxygens (including phenoxy) is 2. The fraction of sp³-hybridized carbons (Fsp3) is 0.357. The smallest absolute Gasteiger partial charge is 0.308 e. The molecule has 0 aliphatic rings. The zero-order valence-corrected chi connectivity index (χ0v) is 12.0. The molecule has 1 aromatic carbocycles. The molecule has 0 radical (unpaired) electrons. The number of carbonyl (C=O) groups is 3. The minimum Gasteiger partial charge on any atom is -0.548 e. The lowest BCUT2D eigenvalue weighted by molar-refractivity contribution is -0.308. The van der Waals surface area contributed by atoms with Crippen molar-refractivity contribution in [2.24, 2.45) is 0 Å². The lowest BCUT2D eigenvalue weighted by Gasteiger charge is -2.19. The number of benzene rings is 1. The minimum atomic E-state index is -1.38. The van der Waals surface area contributed by atoms with E-state index >= 15 is 0 Å². The van der Waals surface area contributed by atoms with Gasteiger partial charge in [-0.05, 0) is 24.1 Å². The van der Waals surface area contributed by atoms with Crippen LogP contribution >= 0.6 is 0 Å². The lowest BCUT2D eigenvalue weighted by Crippen LogP contribution is -2.48. The van der Waals surface area contributed by atoms with E-state index in [1.165, 1.54) is 33.1 Å². The molecule has 1 rings (SSSR count). The van der Waals surface area contributed by atoms with Crippen LogP contribution < -0.4 is 19.9 Å². The Balaban J connectivity index is 2.95. The van der Waals surface area contributed by atoms with Gasteiger partial charge >= 0.3 is 5.97 Å².